The molecule has 1 amide bonds. The highest BCUT2D eigenvalue weighted by atomic mass is 19.4. The van der Waals surface area contributed by atoms with E-state index in [9.17, 15) is 27.2 Å². The molecule has 1 aliphatic heterocycles. The number of carbonyl (C=O) groups excluding carboxylic acids is 1. The zero-order valence-electron chi connectivity index (χ0n) is 14.5. The first-order valence-electron chi connectivity index (χ1n) is 8.72. The number of alkyl halides is 3. The SMILES string of the molecule is O=C(CCC(F)(F)F)N1CCC(Cn2cnc3cc(F)ccc3c2=O)CC1. The number of halogens is 4. The van der Waals surface area contributed by atoms with E-state index in [1.807, 2.05) is 0 Å². The Kier molecular flexibility index (Phi) is 5.48. The Labute approximate surface area is 152 Å². The van der Waals surface area contributed by atoms with Crippen LogP contribution in [0.3, 0.4) is 0 Å². The Morgan fingerprint density at radius 1 is 1.22 bits per heavy atom. The Bertz CT molecular complexity index is 886. The molecule has 2 heterocycles. The van der Waals surface area contributed by atoms with Gasteiger partial charge in [-0.15, -0.1) is 0 Å². The molecule has 146 valence electrons. The summed E-state index contributed by atoms with van der Waals surface area (Å²) in [5, 5.41) is 0.332. The van der Waals surface area contributed by atoms with Crippen LogP contribution in [0.2, 0.25) is 0 Å². The second kappa shape index (κ2) is 7.66. The standard InChI is InChI=1S/C18H19F4N3O2/c19-13-1-2-14-15(9-13)23-11-25(17(14)27)10-12-4-7-24(8-5-12)16(26)3-6-18(20,21)22/h1-2,9,11-12H,3-8,10H2. The van der Waals surface area contributed by atoms with Crippen molar-refractivity contribution in [3.05, 3.63) is 40.7 Å². The summed E-state index contributed by atoms with van der Waals surface area (Å²) in [4.78, 5) is 29.9. The second-order valence-electron chi connectivity index (χ2n) is 6.80. The number of aromatic nitrogens is 2. The van der Waals surface area contributed by atoms with Crippen LogP contribution in [0, 0.1) is 11.7 Å². The molecular weight excluding hydrogens is 366 g/mol. The van der Waals surface area contributed by atoms with Gasteiger partial charge in [0.25, 0.3) is 5.56 Å². The number of nitrogens with zero attached hydrogens (tertiary/aromatic N) is 3. The van der Waals surface area contributed by atoms with Crippen LogP contribution in [0.1, 0.15) is 25.7 Å². The minimum absolute atomic E-state index is 0.120. The van der Waals surface area contributed by atoms with Crippen molar-refractivity contribution in [3.8, 4) is 0 Å². The molecule has 27 heavy (non-hydrogen) atoms. The van der Waals surface area contributed by atoms with E-state index in [0.29, 0.717) is 43.4 Å². The average molecular weight is 385 g/mol. The van der Waals surface area contributed by atoms with Gasteiger partial charge in [-0.3, -0.25) is 14.2 Å². The number of carbonyl (C=O) groups is 1. The summed E-state index contributed by atoms with van der Waals surface area (Å²) in [7, 11) is 0. The maximum absolute atomic E-state index is 13.2. The summed E-state index contributed by atoms with van der Waals surface area (Å²) < 4.78 is 51.4. The van der Waals surface area contributed by atoms with Gasteiger partial charge in [-0.1, -0.05) is 0 Å². The maximum atomic E-state index is 13.2. The van der Waals surface area contributed by atoms with Gasteiger partial charge in [0.2, 0.25) is 5.91 Å². The van der Waals surface area contributed by atoms with Crippen LogP contribution in [0.4, 0.5) is 17.6 Å². The summed E-state index contributed by atoms with van der Waals surface area (Å²) in [6.45, 7) is 1.16. The van der Waals surface area contributed by atoms with Crippen LogP contribution in [0.15, 0.2) is 29.3 Å². The third-order valence-corrected chi connectivity index (χ3v) is 4.83. The Morgan fingerprint density at radius 3 is 2.59 bits per heavy atom. The number of benzene rings is 1. The van der Waals surface area contributed by atoms with Crippen molar-refractivity contribution < 1.29 is 22.4 Å². The predicted octanol–water partition coefficient (Wildman–Crippen LogP) is 3.12. The smallest absolute Gasteiger partial charge is 0.343 e. The molecule has 2 aromatic rings. The van der Waals surface area contributed by atoms with Gasteiger partial charge >= 0.3 is 6.18 Å². The van der Waals surface area contributed by atoms with Gasteiger partial charge in [0.15, 0.2) is 0 Å². The van der Waals surface area contributed by atoms with Gasteiger partial charge in [0.05, 0.1) is 23.7 Å². The second-order valence-corrected chi connectivity index (χ2v) is 6.80. The first-order chi connectivity index (χ1) is 12.7. The van der Waals surface area contributed by atoms with E-state index in [1.54, 1.807) is 0 Å². The fraction of sp³-hybridized carbons (Fsp3) is 0.500. The quantitative estimate of drug-likeness (QED) is 0.760. The highest BCUT2D eigenvalue weighted by molar-refractivity contribution is 5.77. The molecule has 3 rings (SSSR count). The van der Waals surface area contributed by atoms with E-state index in [-0.39, 0.29) is 11.5 Å². The predicted molar refractivity (Wildman–Crippen MR) is 90.6 cm³/mol. The summed E-state index contributed by atoms with van der Waals surface area (Å²) in [5.74, 6) is -0.832. The van der Waals surface area contributed by atoms with Crippen molar-refractivity contribution in [2.24, 2.45) is 5.92 Å². The van der Waals surface area contributed by atoms with E-state index in [2.05, 4.69) is 4.98 Å². The number of hydrogen-bond acceptors (Lipinski definition) is 3. The molecule has 0 bridgehead atoms. The molecule has 0 atom stereocenters. The molecule has 1 saturated heterocycles. The Balaban J connectivity index is 1.59. The van der Waals surface area contributed by atoms with Crippen molar-refractivity contribution in [3.63, 3.8) is 0 Å². The summed E-state index contributed by atoms with van der Waals surface area (Å²) in [5.41, 5.74) is 0.0324. The molecular formula is C18H19F4N3O2. The van der Waals surface area contributed by atoms with Crippen molar-refractivity contribution in [1.29, 1.82) is 0 Å². The lowest BCUT2D eigenvalue weighted by Crippen LogP contribution is -2.40. The zero-order chi connectivity index (χ0) is 19.6. The molecule has 1 aliphatic rings. The van der Waals surface area contributed by atoms with Crippen molar-refractivity contribution in [2.45, 2.75) is 38.4 Å². The number of amides is 1. The Morgan fingerprint density at radius 2 is 1.93 bits per heavy atom. The van der Waals surface area contributed by atoms with Crippen LogP contribution in [0.25, 0.3) is 10.9 Å². The lowest BCUT2D eigenvalue weighted by molar-refractivity contribution is -0.149. The normalized spacial score (nSPS) is 16.1. The fourth-order valence-corrected chi connectivity index (χ4v) is 3.31. The van der Waals surface area contributed by atoms with Crippen molar-refractivity contribution in [2.75, 3.05) is 13.1 Å². The van der Waals surface area contributed by atoms with E-state index < -0.39 is 30.7 Å². The lowest BCUT2D eigenvalue weighted by atomic mass is 9.96. The lowest BCUT2D eigenvalue weighted by Gasteiger charge is -2.32. The minimum Gasteiger partial charge on any atom is -0.343 e. The van der Waals surface area contributed by atoms with Crippen LogP contribution < -0.4 is 5.56 Å². The molecule has 1 aromatic carbocycles. The van der Waals surface area contributed by atoms with Crippen LogP contribution in [-0.4, -0.2) is 39.6 Å². The Hall–Kier alpha value is -2.45. The van der Waals surface area contributed by atoms with Gasteiger partial charge in [0.1, 0.15) is 5.82 Å². The van der Waals surface area contributed by atoms with Gasteiger partial charge in [0, 0.05) is 32.1 Å². The number of piperidine rings is 1. The third-order valence-electron chi connectivity index (χ3n) is 4.83. The third kappa shape index (κ3) is 4.84. The van der Waals surface area contributed by atoms with Crippen molar-refractivity contribution >= 4 is 16.8 Å². The first-order valence-corrected chi connectivity index (χ1v) is 8.72. The number of hydrogen-bond donors (Lipinski definition) is 0. The molecule has 9 heteroatoms. The topological polar surface area (TPSA) is 55.2 Å². The fourth-order valence-electron chi connectivity index (χ4n) is 3.31. The number of fused-ring (bicyclic) bond motifs is 1. The zero-order valence-corrected chi connectivity index (χ0v) is 14.5. The molecule has 0 radical (unpaired) electrons. The molecule has 1 aromatic heterocycles. The van der Waals surface area contributed by atoms with E-state index in [1.165, 1.54) is 34.0 Å². The maximum Gasteiger partial charge on any atom is 0.389 e. The summed E-state index contributed by atoms with van der Waals surface area (Å²) in [6.07, 6.45) is -3.38. The molecule has 0 saturated carbocycles. The minimum atomic E-state index is -4.33. The largest absolute Gasteiger partial charge is 0.389 e. The van der Waals surface area contributed by atoms with Gasteiger partial charge in [-0.2, -0.15) is 13.2 Å². The first kappa shape index (κ1) is 19.3. The number of likely N-dealkylation sites (tertiary alicyclic amines) is 1. The van der Waals surface area contributed by atoms with Gasteiger partial charge in [-0.05, 0) is 30.9 Å². The molecule has 0 aliphatic carbocycles. The van der Waals surface area contributed by atoms with Crippen LogP contribution in [0.5, 0.6) is 0 Å². The summed E-state index contributed by atoms with van der Waals surface area (Å²) in [6, 6.07) is 3.81. The number of rotatable bonds is 4. The molecule has 5 nitrogen and oxygen atoms in total. The highest BCUT2D eigenvalue weighted by Gasteiger charge is 2.30. The van der Waals surface area contributed by atoms with Gasteiger partial charge < -0.3 is 4.90 Å². The molecule has 1 fully saturated rings. The highest BCUT2D eigenvalue weighted by Crippen LogP contribution is 2.24. The van der Waals surface area contributed by atoms with Crippen LogP contribution >= 0.6 is 0 Å². The summed E-state index contributed by atoms with van der Waals surface area (Å²) >= 11 is 0. The average Bonchev–Trinajstić information content (AvgIpc) is 2.62. The van der Waals surface area contributed by atoms with Gasteiger partial charge in [-0.25, -0.2) is 9.37 Å². The molecule has 0 spiro atoms. The van der Waals surface area contributed by atoms with Crippen molar-refractivity contribution in [1.82, 2.24) is 14.5 Å². The monoisotopic (exact) mass is 385 g/mol. The molecule has 0 unspecified atom stereocenters. The molecule has 0 N–H and O–H groups in total. The van der Waals surface area contributed by atoms with E-state index in [0.717, 1.165) is 0 Å². The van der Waals surface area contributed by atoms with E-state index >= 15 is 0 Å². The van der Waals surface area contributed by atoms with Crippen LogP contribution in [-0.2, 0) is 11.3 Å². The van der Waals surface area contributed by atoms with E-state index in [4.69, 9.17) is 0 Å².